The molecule has 3 nitrogen and oxygen atoms in total. The quantitative estimate of drug-likeness (QED) is 0.736. The summed E-state index contributed by atoms with van der Waals surface area (Å²) in [7, 11) is 2.17. The Morgan fingerprint density at radius 3 is 2.73 bits per heavy atom. The Morgan fingerprint density at radius 2 is 2.13 bits per heavy atom. The normalized spacial score (nSPS) is 29.5. The Labute approximate surface area is 96.8 Å². The molecular weight excluding hydrogens is 206 g/mol. The molecule has 0 aromatic rings. The highest BCUT2D eigenvalue weighted by atomic mass is 32.2. The smallest absolute Gasteiger partial charge is 0.0521 e. The zero-order valence-electron chi connectivity index (χ0n) is 9.48. The van der Waals surface area contributed by atoms with Crippen molar-refractivity contribution in [3.05, 3.63) is 11.0 Å². The van der Waals surface area contributed by atoms with Crippen molar-refractivity contribution in [2.24, 2.45) is 5.73 Å². The first kappa shape index (κ1) is 11.5. The summed E-state index contributed by atoms with van der Waals surface area (Å²) in [5.41, 5.74) is 5.66. The first-order valence-corrected chi connectivity index (χ1v) is 6.61. The maximum absolute atomic E-state index is 5.66. The van der Waals surface area contributed by atoms with Crippen molar-refractivity contribution >= 4 is 11.9 Å². The summed E-state index contributed by atoms with van der Waals surface area (Å²) >= 11 is 1.80. The molecule has 2 heterocycles. The molecule has 0 bridgehead atoms. The minimum absolute atomic E-state index is 0.562. The zero-order chi connectivity index (χ0) is 10.7. The minimum Gasteiger partial charge on any atom is -0.326 e. The van der Waals surface area contributed by atoms with Gasteiger partial charge in [-0.1, -0.05) is 12.5 Å². The first-order valence-electron chi connectivity index (χ1n) is 5.83. The molecule has 2 aliphatic rings. The molecule has 1 fully saturated rings. The molecule has 0 saturated carbocycles. The number of nitrogens with two attached hydrogens (primary N) is 1. The second kappa shape index (κ2) is 5.34. The molecule has 0 radical (unpaired) electrons. The fourth-order valence-corrected chi connectivity index (χ4v) is 3.21. The predicted octanol–water partition coefficient (Wildman–Crippen LogP) is 1.28. The van der Waals surface area contributed by atoms with Crippen LogP contribution >= 0.6 is 11.9 Å². The number of rotatable bonds is 3. The lowest BCUT2D eigenvalue weighted by molar-refractivity contribution is 0.203. The fraction of sp³-hybridized carbons (Fsp3) is 0.818. The van der Waals surface area contributed by atoms with E-state index in [0.29, 0.717) is 12.6 Å². The van der Waals surface area contributed by atoms with Gasteiger partial charge in [-0.15, -0.1) is 0 Å². The third-order valence-corrected chi connectivity index (χ3v) is 4.30. The maximum atomic E-state index is 5.66. The highest BCUT2D eigenvalue weighted by Crippen LogP contribution is 2.30. The summed E-state index contributed by atoms with van der Waals surface area (Å²) in [5.74, 6) is 0. The molecule has 2 N–H and O–H groups in total. The van der Waals surface area contributed by atoms with E-state index >= 15 is 0 Å². The lowest BCUT2D eigenvalue weighted by atomic mass is 10.1. The van der Waals surface area contributed by atoms with E-state index in [4.69, 9.17) is 5.73 Å². The highest BCUT2D eigenvalue weighted by Gasteiger charge is 2.24. The summed E-state index contributed by atoms with van der Waals surface area (Å²) in [6.07, 6.45) is 6.49. The molecule has 86 valence electrons. The standard InChI is InChI=1S/C11H21N3S/c1-13-10(7-11(8-12)15-13)9-14-5-3-2-4-6-14/h7,10H,2-6,8-9,12H2,1H3. The van der Waals surface area contributed by atoms with Crippen molar-refractivity contribution in [1.29, 1.82) is 0 Å². The second-order valence-corrected chi connectivity index (χ2v) is 5.69. The van der Waals surface area contributed by atoms with Crippen molar-refractivity contribution in [3.63, 3.8) is 0 Å². The first-order chi connectivity index (χ1) is 7.29. The van der Waals surface area contributed by atoms with Gasteiger partial charge in [-0.3, -0.25) is 0 Å². The molecule has 1 unspecified atom stereocenters. The van der Waals surface area contributed by atoms with Crippen LogP contribution < -0.4 is 5.73 Å². The molecule has 0 spiro atoms. The SMILES string of the molecule is CN1SC(CN)=CC1CN1CCCCC1. The Bertz CT molecular complexity index is 236. The fourth-order valence-electron chi connectivity index (χ4n) is 2.28. The number of hydrogen-bond acceptors (Lipinski definition) is 4. The number of nitrogens with zero attached hydrogens (tertiary/aromatic N) is 2. The van der Waals surface area contributed by atoms with E-state index in [-0.39, 0.29) is 0 Å². The third-order valence-electron chi connectivity index (χ3n) is 3.20. The van der Waals surface area contributed by atoms with E-state index in [1.54, 1.807) is 11.9 Å². The van der Waals surface area contributed by atoms with Crippen LogP contribution in [0.4, 0.5) is 0 Å². The Balaban J connectivity index is 1.85. The summed E-state index contributed by atoms with van der Waals surface area (Å²) in [4.78, 5) is 3.90. The van der Waals surface area contributed by atoms with Crippen molar-refractivity contribution in [2.75, 3.05) is 33.2 Å². The summed E-state index contributed by atoms with van der Waals surface area (Å²) < 4.78 is 2.33. The molecule has 0 aromatic carbocycles. The van der Waals surface area contributed by atoms with Gasteiger partial charge in [-0.2, -0.15) is 0 Å². The molecule has 15 heavy (non-hydrogen) atoms. The molecule has 0 aromatic heterocycles. The van der Waals surface area contributed by atoms with Gasteiger partial charge in [0.1, 0.15) is 0 Å². The topological polar surface area (TPSA) is 32.5 Å². The van der Waals surface area contributed by atoms with E-state index in [1.165, 1.54) is 43.8 Å². The van der Waals surface area contributed by atoms with Gasteiger partial charge in [0.25, 0.3) is 0 Å². The van der Waals surface area contributed by atoms with E-state index in [9.17, 15) is 0 Å². The average molecular weight is 227 g/mol. The number of likely N-dealkylation sites (tertiary alicyclic amines) is 1. The largest absolute Gasteiger partial charge is 0.326 e. The number of likely N-dealkylation sites (N-methyl/N-ethyl adjacent to an activating group) is 1. The van der Waals surface area contributed by atoms with Crippen LogP contribution in [0.2, 0.25) is 0 Å². The van der Waals surface area contributed by atoms with Crippen molar-refractivity contribution in [2.45, 2.75) is 25.3 Å². The van der Waals surface area contributed by atoms with Crippen LogP contribution in [0.5, 0.6) is 0 Å². The Hall–Kier alpha value is -0.0300. The highest BCUT2D eigenvalue weighted by molar-refractivity contribution is 8.01. The van der Waals surface area contributed by atoms with Crippen LogP contribution in [0.3, 0.4) is 0 Å². The Morgan fingerprint density at radius 1 is 1.40 bits per heavy atom. The van der Waals surface area contributed by atoms with E-state index in [0.717, 1.165) is 0 Å². The lowest BCUT2D eigenvalue weighted by Gasteiger charge is -2.30. The van der Waals surface area contributed by atoms with Gasteiger partial charge in [0.05, 0.1) is 6.04 Å². The van der Waals surface area contributed by atoms with Gasteiger partial charge in [0, 0.05) is 18.0 Å². The average Bonchev–Trinajstić information content (AvgIpc) is 2.61. The van der Waals surface area contributed by atoms with Crippen molar-refractivity contribution < 1.29 is 0 Å². The summed E-state index contributed by atoms with van der Waals surface area (Å²) in [6.45, 7) is 4.42. The monoisotopic (exact) mass is 227 g/mol. The van der Waals surface area contributed by atoms with Crippen LogP contribution in [-0.4, -0.2) is 48.5 Å². The summed E-state index contributed by atoms with van der Waals surface area (Å²) in [5, 5.41) is 0. The molecule has 0 amide bonds. The van der Waals surface area contributed by atoms with Gasteiger partial charge < -0.3 is 10.6 Å². The van der Waals surface area contributed by atoms with E-state index < -0.39 is 0 Å². The van der Waals surface area contributed by atoms with Crippen LogP contribution in [0.25, 0.3) is 0 Å². The van der Waals surface area contributed by atoms with Gasteiger partial charge >= 0.3 is 0 Å². The molecule has 1 saturated heterocycles. The Kier molecular flexibility index (Phi) is 4.08. The molecule has 1 atom stereocenters. The molecule has 2 rings (SSSR count). The lowest BCUT2D eigenvalue weighted by Crippen LogP contribution is -2.39. The van der Waals surface area contributed by atoms with Crippen LogP contribution in [0.15, 0.2) is 11.0 Å². The predicted molar refractivity (Wildman–Crippen MR) is 66.6 cm³/mol. The van der Waals surface area contributed by atoms with E-state index in [2.05, 4.69) is 22.3 Å². The maximum Gasteiger partial charge on any atom is 0.0521 e. The van der Waals surface area contributed by atoms with Crippen molar-refractivity contribution in [1.82, 2.24) is 9.21 Å². The van der Waals surface area contributed by atoms with E-state index in [1.807, 2.05) is 0 Å². The molecular formula is C11H21N3S. The van der Waals surface area contributed by atoms with Crippen LogP contribution in [0.1, 0.15) is 19.3 Å². The number of piperidine rings is 1. The molecule has 0 aliphatic carbocycles. The number of hydrogen-bond donors (Lipinski definition) is 1. The zero-order valence-corrected chi connectivity index (χ0v) is 10.3. The molecule has 2 aliphatic heterocycles. The van der Waals surface area contributed by atoms with Crippen LogP contribution in [0, 0.1) is 0 Å². The van der Waals surface area contributed by atoms with Gasteiger partial charge in [0.15, 0.2) is 0 Å². The van der Waals surface area contributed by atoms with Crippen molar-refractivity contribution in [3.8, 4) is 0 Å². The molecule has 4 heteroatoms. The second-order valence-electron chi connectivity index (χ2n) is 4.40. The minimum atomic E-state index is 0.562. The van der Waals surface area contributed by atoms with Crippen LogP contribution in [-0.2, 0) is 0 Å². The van der Waals surface area contributed by atoms with Gasteiger partial charge in [-0.25, -0.2) is 4.31 Å². The summed E-state index contributed by atoms with van der Waals surface area (Å²) in [6, 6.07) is 0.562. The third kappa shape index (κ3) is 2.97. The van der Waals surface area contributed by atoms with Gasteiger partial charge in [0.2, 0.25) is 0 Å². The van der Waals surface area contributed by atoms with Gasteiger partial charge in [-0.05, 0) is 44.9 Å².